The highest BCUT2D eigenvalue weighted by molar-refractivity contribution is 7.90. The zero-order valence-corrected chi connectivity index (χ0v) is 23.5. The number of allylic oxidation sites excluding steroid dienone is 1. The van der Waals surface area contributed by atoms with Gasteiger partial charge >= 0.3 is 6.55 Å². The molecule has 1 fully saturated rings. The van der Waals surface area contributed by atoms with Crippen LogP contribution in [0.5, 0.6) is 0 Å². The van der Waals surface area contributed by atoms with Gasteiger partial charge in [0.1, 0.15) is 11.9 Å². The van der Waals surface area contributed by atoms with Crippen LogP contribution >= 0.6 is 0 Å². The minimum absolute atomic E-state index is 0.220. The molecular formula is C29H28F2N8O2S. The number of piperazine rings is 1. The fourth-order valence-electron chi connectivity index (χ4n) is 4.94. The van der Waals surface area contributed by atoms with Crippen molar-refractivity contribution in [2.45, 2.75) is 18.0 Å². The highest BCUT2D eigenvalue weighted by atomic mass is 32.2. The monoisotopic (exact) mass is 590 g/mol. The molecular weight excluding hydrogens is 562 g/mol. The van der Waals surface area contributed by atoms with Gasteiger partial charge in [-0.2, -0.15) is 19.1 Å². The van der Waals surface area contributed by atoms with Crippen LogP contribution in [-0.2, 0) is 16.4 Å². The molecule has 0 spiro atoms. The first kappa shape index (κ1) is 28.8. The van der Waals surface area contributed by atoms with Gasteiger partial charge in [-0.1, -0.05) is 12.1 Å². The summed E-state index contributed by atoms with van der Waals surface area (Å²) in [6.07, 6.45) is 7.98. The maximum absolute atomic E-state index is 12.7. The molecule has 1 aromatic carbocycles. The number of pyridine rings is 2. The minimum atomic E-state index is -3.26. The van der Waals surface area contributed by atoms with E-state index in [0.29, 0.717) is 39.2 Å². The first-order valence-corrected chi connectivity index (χ1v) is 14.9. The quantitative estimate of drug-likeness (QED) is 0.222. The van der Waals surface area contributed by atoms with Crippen molar-refractivity contribution in [2.75, 3.05) is 37.3 Å². The second kappa shape index (κ2) is 12.1. The largest absolute Gasteiger partial charge is 0.354 e. The maximum Gasteiger partial charge on any atom is 0.312 e. The maximum atomic E-state index is 12.7. The van der Waals surface area contributed by atoms with Crippen molar-refractivity contribution in [3.8, 4) is 17.2 Å². The van der Waals surface area contributed by atoms with E-state index >= 15 is 0 Å². The Bertz CT molecular complexity index is 1790. The van der Waals surface area contributed by atoms with Gasteiger partial charge in [0, 0.05) is 86.1 Å². The minimum Gasteiger partial charge on any atom is -0.354 e. The number of alkyl halides is 2. The second-order valence-corrected chi connectivity index (χ2v) is 11.9. The number of anilines is 1. The zero-order chi connectivity index (χ0) is 29.9. The van der Waals surface area contributed by atoms with E-state index in [2.05, 4.69) is 26.0 Å². The standard InChI is InChI=1S/C29H28F2N8O2S/c1-42(40,41)25-4-2-3-20(11-25)18-37-7-9-38(10-8-37)27-6-5-21(15-34-27)26-12-22(23(13-32)16-35-29(30)31)19-39-28(26)24(14-33)17-36-39/h2-6,11-13,15-17,19,29,32,35H,7-10,18H2,1H3/b23-16+,32-13?. The number of rotatable bonds is 9. The van der Waals surface area contributed by atoms with Crippen molar-refractivity contribution in [1.82, 2.24) is 24.8 Å². The number of aromatic nitrogens is 3. The third-order valence-electron chi connectivity index (χ3n) is 7.07. The molecule has 1 aliphatic heterocycles. The van der Waals surface area contributed by atoms with Crippen molar-refractivity contribution in [3.63, 3.8) is 0 Å². The van der Waals surface area contributed by atoms with Crippen molar-refractivity contribution in [1.29, 1.82) is 10.7 Å². The number of fused-ring (bicyclic) bond motifs is 1. The zero-order valence-electron chi connectivity index (χ0n) is 22.7. The van der Waals surface area contributed by atoms with E-state index in [1.165, 1.54) is 17.0 Å². The molecule has 42 heavy (non-hydrogen) atoms. The lowest BCUT2D eigenvalue weighted by Gasteiger charge is -2.35. The number of nitrogens with zero attached hydrogens (tertiary/aromatic N) is 6. The molecule has 0 amide bonds. The van der Waals surface area contributed by atoms with Crippen LogP contribution in [0, 0.1) is 16.7 Å². The number of nitrogens with one attached hydrogen (secondary N) is 2. The number of halogens is 2. The summed E-state index contributed by atoms with van der Waals surface area (Å²) < 4.78 is 50.8. The van der Waals surface area contributed by atoms with Gasteiger partial charge in [-0.05, 0) is 35.9 Å². The Morgan fingerprint density at radius 1 is 1.17 bits per heavy atom. The van der Waals surface area contributed by atoms with Crippen LogP contribution < -0.4 is 10.2 Å². The van der Waals surface area contributed by atoms with Crippen molar-refractivity contribution >= 4 is 33.0 Å². The summed E-state index contributed by atoms with van der Waals surface area (Å²) in [5.74, 6) is 0.792. The number of benzene rings is 1. The van der Waals surface area contributed by atoms with Crippen molar-refractivity contribution < 1.29 is 17.2 Å². The lowest BCUT2D eigenvalue weighted by Crippen LogP contribution is -2.46. The average Bonchev–Trinajstić information content (AvgIpc) is 3.40. The molecule has 0 bridgehead atoms. The Hall–Kier alpha value is -4.67. The smallest absolute Gasteiger partial charge is 0.312 e. The summed E-state index contributed by atoms with van der Waals surface area (Å²) in [5, 5.41) is 23.5. The van der Waals surface area contributed by atoms with Crippen LogP contribution in [-0.4, -0.2) is 73.1 Å². The fraction of sp³-hybridized carbons (Fsp3) is 0.241. The van der Waals surface area contributed by atoms with E-state index in [-0.39, 0.29) is 5.57 Å². The van der Waals surface area contributed by atoms with E-state index in [4.69, 9.17) is 5.41 Å². The summed E-state index contributed by atoms with van der Waals surface area (Å²) in [7, 11) is -3.26. The number of hydrogen-bond donors (Lipinski definition) is 2. The van der Waals surface area contributed by atoms with Crippen LogP contribution in [0.15, 0.2) is 72.2 Å². The Kier molecular flexibility index (Phi) is 8.28. The van der Waals surface area contributed by atoms with Gasteiger partial charge < -0.3 is 15.6 Å². The third-order valence-corrected chi connectivity index (χ3v) is 8.18. The number of nitriles is 1. The van der Waals surface area contributed by atoms with Crippen LogP contribution in [0.3, 0.4) is 0 Å². The molecule has 13 heteroatoms. The number of hydrogen-bond acceptors (Lipinski definition) is 9. The van der Waals surface area contributed by atoms with E-state index in [9.17, 15) is 22.5 Å². The second-order valence-electron chi connectivity index (χ2n) is 9.90. The van der Waals surface area contributed by atoms with E-state index in [1.54, 1.807) is 36.7 Å². The molecule has 0 saturated carbocycles. The van der Waals surface area contributed by atoms with Gasteiger partial charge in [-0.25, -0.2) is 17.9 Å². The molecule has 0 atom stereocenters. The molecule has 3 aromatic heterocycles. The molecule has 5 rings (SSSR count). The first-order valence-electron chi connectivity index (χ1n) is 13.1. The van der Waals surface area contributed by atoms with Gasteiger partial charge in [0.25, 0.3) is 0 Å². The molecule has 10 nitrogen and oxygen atoms in total. The Balaban J connectivity index is 1.34. The van der Waals surface area contributed by atoms with Crippen LogP contribution in [0.4, 0.5) is 14.6 Å². The van der Waals surface area contributed by atoms with Gasteiger partial charge in [0.15, 0.2) is 9.84 Å². The van der Waals surface area contributed by atoms with Crippen molar-refractivity contribution in [2.24, 2.45) is 0 Å². The predicted molar refractivity (Wildman–Crippen MR) is 156 cm³/mol. The third kappa shape index (κ3) is 6.29. The Morgan fingerprint density at radius 3 is 2.60 bits per heavy atom. The van der Waals surface area contributed by atoms with Gasteiger partial charge in [-0.3, -0.25) is 4.90 Å². The highest BCUT2D eigenvalue weighted by Gasteiger charge is 2.20. The molecule has 0 aliphatic carbocycles. The normalized spacial score (nSPS) is 14.7. The fourth-order valence-corrected chi connectivity index (χ4v) is 5.63. The topological polar surface area (TPSA) is 130 Å². The summed E-state index contributed by atoms with van der Waals surface area (Å²) in [6, 6.07) is 14.7. The molecule has 1 saturated heterocycles. The SMILES string of the molecule is CS(=O)(=O)c1cccc(CN2CCN(c3ccc(-c4cc(/C(C=N)=C/NC(F)F)cn5ncc(C#N)c45)cn3)CC2)c1. The molecule has 4 aromatic rings. The van der Waals surface area contributed by atoms with Crippen LogP contribution in [0.25, 0.3) is 22.2 Å². The average molecular weight is 591 g/mol. The molecule has 2 N–H and O–H groups in total. The lowest BCUT2D eigenvalue weighted by atomic mass is 10.0. The number of sulfone groups is 1. The van der Waals surface area contributed by atoms with Gasteiger partial charge in [0.2, 0.25) is 0 Å². The molecule has 4 heterocycles. The van der Waals surface area contributed by atoms with Crippen molar-refractivity contribution in [3.05, 3.63) is 83.9 Å². The Morgan fingerprint density at radius 2 is 1.95 bits per heavy atom. The van der Waals surface area contributed by atoms with E-state index < -0.39 is 16.4 Å². The summed E-state index contributed by atoms with van der Waals surface area (Å²) in [4.78, 5) is 9.45. The van der Waals surface area contributed by atoms with E-state index in [0.717, 1.165) is 50.0 Å². The predicted octanol–water partition coefficient (Wildman–Crippen LogP) is 3.80. The lowest BCUT2D eigenvalue weighted by molar-refractivity contribution is 0.125. The molecule has 0 radical (unpaired) electrons. The highest BCUT2D eigenvalue weighted by Crippen LogP contribution is 2.31. The molecule has 216 valence electrons. The van der Waals surface area contributed by atoms with Crippen LogP contribution in [0.1, 0.15) is 16.7 Å². The first-order chi connectivity index (χ1) is 20.2. The van der Waals surface area contributed by atoms with E-state index in [1.807, 2.05) is 23.5 Å². The molecule has 1 aliphatic rings. The summed E-state index contributed by atoms with van der Waals surface area (Å²) in [5.41, 5.74) is 3.88. The molecule has 0 unspecified atom stereocenters. The Labute approximate surface area is 241 Å². The summed E-state index contributed by atoms with van der Waals surface area (Å²) >= 11 is 0. The van der Waals surface area contributed by atoms with Crippen LogP contribution in [0.2, 0.25) is 0 Å². The van der Waals surface area contributed by atoms with Gasteiger partial charge in [-0.15, -0.1) is 0 Å². The summed E-state index contributed by atoms with van der Waals surface area (Å²) in [6.45, 7) is 0.918. The van der Waals surface area contributed by atoms with Gasteiger partial charge in [0.05, 0.1) is 22.2 Å².